The maximum atomic E-state index is 13.5. The van der Waals surface area contributed by atoms with Crippen molar-refractivity contribution in [1.29, 1.82) is 0 Å². The Bertz CT molecular complexity index is 614. The fourth-order valence-corrected chi connectivity index (χ4v) is 2.70. The molecule has 20 heavy (non-hydrogen) atoms. The summed E-state index contributed by atoms with van der Waals surface area (Å²) in [4.78, 5) is 11.8. The van der Waals surface area contributed by atoms with Crippen LogP contribution in [0.4, 0.5) is 4.39 Å². The lowest BCUT2D eigenvalue weighted by Gasteiger charge is -2.25. The number of amides is 1. The fourth-order valence-electron chi connectivity index (χ4n) is 1.62. The van der Waals surface area contributed by atoms with Crippen molar-refractivity contribution in [1.82, 2.24) is 10.0 Å². The molecule has 0 saturated carbocycles. The second-order valence-electron chi connectivity index (χ2n) is 5.10. The Balaban J connectivity index is 2.72. The molecule has 0 saturated heterocycles. The Morgan fingerprint density at radius 1 is 1.40 bits per heavy atom. The summed E-state index contributed by atoms with van der Waals surface area (Å²) >= 11 is 0. The smallest absolute Gasteiger partial charge is 0.254 e. The molecule has 0 aliphatic carbocycles. The van der Waals surface area contributed by atoms with Gasteiger partial charge < -0.3 is 10.4 Å². The van der Waals surface area contributed by atoms with Gasteiger partial charge in [0, 0.05) is 18.2 Å². The maximum absolute atomic E-state index is 13.5. The summed E-state index contributed by atoms with van der Waals surface area (Å²) in [6.45, 7) is 3.15. The van der Waals surface area contributed by atoms with Crippen LogP contribution in [0.5, 0.6) is 5.75 Å². The summed E-state index contributed by atoms with van der Waals surface area (Å²) in [7, 11) is -3.42. The van der Waals surface area contributed by atoms with Gasteiger partial charge in [-0.3, -0.25) is 4.79 Å². The summed E-state index contributed by atoms with van der Waals surface area (Å²) < 4.78 is 38.1. The van der Waals surface area contributed by atoms with E-state index < -0.39 is 27.3 Å². The number of benzene rings is 1. The first kappa shape index (κ1) is 16.4. The van der Waals surface area contributed by atoms with Crippen molar-refractivity contribution < 1.29 is 22.7 Å². The van der Waals surface area contributed by atoms with Crippen LogP contribution in [0.2, 0.25) is 0 Å². The molecule has 112 valence electrons. The molecule has 1 rings (SSSR count). The normalized spacial score (nSPS) is 12.2. The number of carbonyl (C=O) groups is 1. The lowest BCUT2D eigenvalue weighted by Crippen LogP contribution is -2.51. The molecule has 0 heterocycles. The average molecular weight is 304 g/mol. The Kier molecular flexibility index (Phi) is 4.72. The van der Waals surface area contributed by atoms with E-state index in [1.54, 1.807) is 13.8 Å². The van der Waals surface area contributed by atoms with Gasteiger partial charge >= 0.3 is 0 Å². The molecule has 8 heteroatoms. The molecule has 0 radical (unpaired) electrons. The Hall–Kier alpha value is -1.67. The Morgan fingerprint density at radius 2 is 2.00 bits per heavy atom. The predicted molar refractivity (Wildman–Crippen MR) is 72.5 cm³/mol. The molecule has 1 aromatic carbocycles. The zero-order chi connectivity index (χ0) is 15.6. The molecule has 0 bridgehead atoms. The van der Waals surface area contributed by atoms with Crippen molar-refractivity contribution in [3.63, 3.8) is 0 Å². The monoisotopic (exact) mass is 304 g/mol. The van der Waals surface area contributed by atoms with Crippen molar-refractivity contribution in [3.05, 3.63) is 29.6 Å². The van der Waals surface area contributed by atoms with Gasteiger partial charge in [0.25, 0.3) is 5.91 Å². The van der Waals surface area contributed by atoms with Crippen molar-refractivity contribution >= 4 is 15.9 Å². The number of phenolic OH excluding ortho intramolecular Hbond substituents is 1. The molecule has 0 aliphatic heterocycles. The molecule has 1 amide bonds. The Labute approximate surface area is 117 Å². The first-order valence-corrected chi connectivity index (χ1v) is 7.65. The molecule has 3 N–H and O–H groups in total. The third kappa shape index (κ3) is 5.14. The van der Waals surface area contributed by atoms with E-state index in [1.165, 1.54) is 6.07 Å². The molecule has 0 spiro atoms. The van der Waals surface area contributed by atoms with E-state index in [4.69, 9.17) is 5.11 Å². The van der Waals surface area contributed by atoms with Crippen LogP contribution in [-0.2, 0) is 10.0 Å². The van der Waals surface area contributed by atoms with Gasteiger partial charge in [0.2, 0.25) is 10.0 Å². The van der Waals surface area contributed by atoms with E-state index >= 15 is 0 Å². The summed E-state index contributed by atoms with van der Waals surface area (Å²) in [5, 5.41) is 11.5. The second kappa shape index (κ2) is 5.76. The molecule has 0 aliphatic rings. The van der Waals surface area contributed by atoms with Crippen LogP contribution in [0.1, 0.15) is 24.2 Å². The average Bonchev–Trinajstić information content (AvgIpc) is 2.22. The number of carbonyl (C=O) groups excluding carboxylic acids is 1. The highest BCUT2D eigenvalue weighted by molar-refractivity contribution is 7.88. The number of sulfonamides is 1. The predicted octanol–water partition coefficient (Wildman–Crippen LogP) is 0.589. The third-order valence-electron chi connectivity index (χ3n) is 2.35. The topological polar surface area (TPSA) is 95.5 Å². The highest BCUT2D eigenvalue weighted by Crippen LogP contribution is 2.15. The highest BCUT2D eigenvalue weighted by atomic mass is 32.2. The van der Waals surface area contributed by atoms with Gasteiger partial charge in [0.15, 0.2) is 0 Å². The van der Waals surface area contributed by atoms with Crippen LogP contribution in [0.3, 0.4) is 0 Å². The molecule has 6 nitrogen and oxygen atoms in total. The molecular formula is C12H17FN2O4S. The maximum Gasteiger partial charge on any atom is 0.254 e. The fraction of sp³-hybridized carbons (Fsp3) is 0.417. The number of halogens is 1. The van der Waals surface area contributed by atoms with Gasteiger partial charge in [-0.05, 0) is 26.0 Å². The van der Waals surface area contributed by atoms with Crippen molar-refractivity contribution in [2.75, 3.05) is 12.8 Å². The van der Waals surface area contributed by atoms with Gasteiger partial charge in [0.1, 0.15) is 11.6 Å². The lowest BCUT2D eigenvalue weighted by molar-refractivity contribution is 0.0940. The lowest BCUT2D eigenvalue weighted by atomic mass is 10.1. The number of aromatic hydroxyl groups is 1. The number of phenols is 1. The quantitative estimate of drug-likeness (QED) is 0.742. The molecular weight excluding hydrogens is 287 g/mol. The van der Waals surface area contributed by atoms with Crippen molar-refractivity contribution in [2.45, 2.75) is 19.4 Å². The first-order chi connectivity index (χ1) is 9.00. The van der Waals surface area contributed by atoms with Gasteiger partial charge in [-0.25, -0.2) is 17.5 Å². The standard InChI is InChI=1S/C12H17FN2O4S/c1-12(2,15-20(3,18)19)7-14-11(17)9-5-4-8(16)6-10(9)13/h4-6,15-16H,7H2,1-3H3,(H,14,17). The minimum atomic E-state index is -3.42. The Morgan fingerprint density at radius 3 is 2.50 bits per heavy atom. The summed E-state index contributed by atoms with van der Waals surface area (Å²) in [6, 6.07) is 3.17. The number of nitrogens with one attached hydrogen (secondary N) is 2. The van der Waals surface area contributed by atoms with Crippen LogP contribution in [0.15, 0.2) is 18.2 Å². The minimum Gasteiger partial charge on any atom is -0.508 e. The molecule has 0 fully saturated rings. The van der Waals surface area contributed by atoms with Gasteiger partial charge in [-0.15, -0.1) is 0 Å². The summed E-state index contributed by atoms with van der Waals surface area (Å²) in [6.07, 6.45) is 1.01. The van der Waals surface area contributed by atoms with Crippen LogP contribution in [0.25, 0.3) is 0 Å². The van der Waals surface area contributed by atoms with E-state index in [-0.39, 0.29) is 17.9 Å². The van der Waals surface area contributed by atoms with Gasteiger partial charge in [-0.2, -0.15) is 0 Å². The zero-order valence-electron chi connectivity index (χ0n) is 11.4. The van der Waals surface area contributed by atoms with E-state index in [2.05, 4.69) is 10.0 Å². The SMILES string of the molecule is CC(C)(CNC(=O)c1ccc(O)cc1F)NS(C)(=O)=O. The highest BCUT2D eigenvalue weighted by Gasteiger charge is 2.23. The summed E-state index contributed by atoms with van der Waals surface area (Å²) in [5.41, 5.74) is -1.13. The van der Waals surface area contributed by atoms with Crippen molar-refractivity contribution in [2.24, 2.45) is 0 Å². The molecule has 0 unspecified atom stereocenters. The number of hydrogen-bond donors (Lipinski definition) is 3. The summed E-state index contributed by atoms with van der Waals surface area (Å²) in [5.74, 6) is -1.82. The largest absolute Gasteiger partial charge is 0.508 e. The molecule has 0 aromatic heterocycles. The van der Waals surface area contributed by atoms with Crippen LogP contribution in [-0.4, -0.2) is 37.8 Å². The van der Waals surface area contributed by atoms with Crippen LogP contribution in [0, 0.1) is 5.82 Å². The second-order valence-corrected chi connectivity index (χ2v) is 6.85. The van der Waals surface area contributed by atoms with Crippen molar-refractivity contribution in [3.8, 4) is 5.75 Å². The number of rotatable bonds is 5. The van der Waals surface area contributed by atoms with Gasteiger partial charge in [0.05, 0.1) is 11.8 Å². The van der Waals surface area contributed by atoms with E-state index in [9.17, 15) is 17.6 Å². The van der Waals surface area contributed by atoms with E-state index in [0.29, 0.717) is 0 Å². The molecule has 1 aromatic rings. The number of hydrogen-bond acceptors (Lipinski definition) is 4. The van der Waals surface area contributed by atoms with Crippen LogP contribution >= 0.6 is 0 Å². The zero-order valence-corrected chi connectivity index (χ0v) is 12.2. The third-order valence-corrected chi connectivity index (χ3v) is 3.27. The van der Waals surface area contributed by atoms with E-state index in [0.717, 1.165) is 18.4 Å². The first-order valence-electron chi connectivity index (χ1n) is 5.76. The van der Waals surface area contributed by atoms with Gasteiger partial charge in [-0.1, -0.05) is 0 Å². The van der Waals surface area contributed by atoms with Crippen LogP contribution < -0.4 is 10.0 Å². The van der Waals surface area contributed by atoms with E-state index in [1.807, 2.05) is 0 Å². The minimum absolute atomic E-state index is 0.0147. The molecule has 0 atom stereocenters.